The highest BCUT2D eigenvalue weighted by Crippen LogP contribution is 2.30. The number of rotatable bonds is 7. The second-order valence-electron chi connectivity index (χ2n) is 9.02. The number of esters is 1. The van der Waals surface area contributed by atoms with E-state index in [4.69, 9.17) is 4.74 Å². The van der Waals surface area contributed by atoms with Crippen molar-refractivity contribution in [1.29, 1.82) is 0 Å². The summed E-state index contributed by atoms with van der Waals surface area (Å²) in [5, 5.41) is 8.58. The number of fused-ring (bicyclic) bond motifs is 1. The zero-order chi connectivity index (χ0) is 27.2. The molecule has 0 fully saturated rings. The van der Waals surface area contributed by atoms with E-state index in [1.54, 1.807) is 37.3 Å². The van der Waals surface area contributed by atoms with Gasteiger partial charge in [-0.2, -0.15) is 0 Å². The van der Waals surface area contributed by atoms with Gasteiger partial charge in [-0.25, -0.2) is 9.59 Å². The van der Waals surface area contributed by atoms with Gasteiger partial charge in [0, 0.05) is 17.8 Å². The fourth-order valence-electron chi connectivity index (χ4n) is 4.27. The van der Waals surface area contributed by atoms with E-state index in [1.807, 2.05) is 44.2 Å². The molecule has 0 radical (unpaired) electrons. The molecule has 0 aliphatic carbocycles. The van der Waals surface area contributed by atoms with E-state index < -0.39 is 23.9 Å². The minimum atomic E-state index is -0.958. The van der Waals surface area contributed by atoms with Crippen LogP contribution in [0.4, 0.5) is 21.9 Å². The van der Waals surface area contributed by atoms with E-state index in [1.165, 1.54) is 11.0 Å². The largest absolute Gasteiger partial charge is 0.462 e. The van der Waals surface area contributed by atoms with Gasteiger partial charge in [0.05, 0.1) is 30.1 Å². The van der Waals surface area contributed by atoms with Crippen LogP contribution in [0.3, 0.4) is 0 Å². The Bertz CT molecular complexity index is 1390. The Morgan fingerprint density at radius 2 is 1.82 bits per heavy atom. The summed E-state index contributed by atoms with van der Waals surface area (Å²) in [6.45, 7) is 5.65. The summed E-state index contributed by atoms with van der Waals surface area (Å²) in [7, 11) is 0. The van der Waals surface area contributed by atoms with Crippen LogP contribution in [0, 0.1) is 13.8 Å². The molecular weight excluding hydrogens is 484 g/mol. The van der Waals surface area contributed by atoms with Crippen LogP contribution in [0.1, 0.15) is 38.8 Å². The van der Waals surface area contributed by atoms with Gasteiger partial charge in [0.1, 0.15) is 6.04 Å². The van der Waals surface area contributed by atoms with E-state index in [0.29, 0.717) is 28.2 Å². The standard InChI is InChI=1S/C29H30N4O5/c1-4-38-28(36)20-9-7-10-21(15-20)31-29(37)32-24-16-30-23-13-12-18(2)14-25(23)33(27(24)35)17-26(34)22-11-6-5-8-19(22)3/h5-15,24,30H,4,16-17H2,1-3H3,(H2,31,32,37). The molecule has 3 amide bonds. The summed E-state index contributed by atoms with van der Waals surface area (Å²) in [6.07, 6.45) is 0. The summed E-state index contributed by atoms with van der Waals surface area (Å²) in [6, 6.07) is 17.6. The molecular formula is C29H30N4O5. The molecule has 196 valence electrons. The molecule has 0 bridgehead atoms. The number of hydrogen-bond acceptors (Lipinski definition) is 6. The Kier molecular flexibility index (Phi) is 8.06. The monoisotopic (exact) mass is 514 g/mol. The fourth-order valence-corrected chi connectivity index (χ4v) is 4.27. The molecule has 1 unspecified atom stereocenters. The number of carbonyl (C=O) groups is 4. The Labute approximate surface area is 221 Å². The first-order valence-corrected chi connectivity index (χ1v) is 12.4. The predicted octanol–water partition coefficient (Wildman–Crippen LogP) is 4.31. The molecule has 0 saturated carbocycles. The quantitative estimate of drug-likeness (QED) is 0.320. The maximum atomic E-state index is 13.7. The minimum absolute atomic E-state index is 0.125. The van der Waals surface area contributed by atoms with E-state index in [0.717, 1.165) is 11.1 Å². The van der Waals surface area contributed by atoms with Gasteiger partial charge >= 0.3 is 12.0 Å². The van der Waals surface area contributed by atoms with Crippen LogP contribution in [0.15, 0.2) is 66.7 Å². The number of aryl methyl sites for hydroxylation is 2. The van der Waals surface area contributed by atoms with Crippen LogP contribution < -0.4 is 20.9 Å². The van der Waals surface area contributed by atoms with E-state index in [2.05, 4.69) is 16.0 Å². The third-order valence-electron chi connectivity index (χ3n) is 6.19. The molecule has 1 atom stereocenters. The second kappa shape index (κ2) is 11.6. The third-order valence-corrected chi connectivity index (χ3v) is 6.19. The molecule has 1 aliphatic rings. The van der Waals surface area contributed by atoms with Gasteiger partial charge in [0.2, 0.25) is 0 Å². The first-order chi connectivity index (χ1) is 18.3. The van der Waals surface area contributed by atoms with Crippen molar-refractivity contribution in [2.75, 3.05) is 35.2 Å². The van der Waals surface area contributed by atoms with Gasteiger partial charge in [-0.3, -0.25) is 9.59 Å². The average Bonchev–Trinajstić information content (AvgIpc) is 3.01. The molecule has 9 heteroatoms. The highest BCUT2D eigenvalue weighted by atomic mass is 16.5. The number of urea groups is 1. The SMILES string of the molecule is CCOC(=O)c1cccc(NC(=O)NC2CNc3ccc(C)cc3N(CC(=O)c3ccccc3C)C2=O)c1. The zero-order valence-corrected chi connectivity index (χ0v) is 21.5. The second-order valence-corrected chi connectivity index (χ2v) is 9.02. The number of amides is 3. The van der Waals surface area contributed by atoms with Crippen molar-refractivity contribution in [3.63, 3.8) is 0 Å². The van der Waals surface area contributed by atoms with Gasteiger partial charge in [-0.1, -0.05) is 36.4 Å². The van der Waals surface area contributed by atoms with E-state index in [9.17, 15) is 19.2 Å². The molecule has 3 aromatic carbocycles. The molecule has 3 aromatic rings. The van der Waals surface area contributed by atoms with Crippen LogP contribution in [0.2, 0.25) is 0 Å². The molecule has 9 nitrogen and oxygen atoms in total. The summed E-state index contributed by atoms with van der Waals surface area (Å²) >= 11 is 0. The van der Waals surface area contributed by atoms with Crippen LogP contribution >= 0.6 is 0 Å². The van der Waals surface area contributed by atoms with Crippen LogP contribution in [0.25, 0.3) is 0 Å². The lowest BCUT2D eigenvalue weighted by atomic mass is 10.0. The molecule has 38 heavy (non-hydrogen) atoms. The van der Waals surface area contributed by atoms with Crippen molar-refractivity contribution in [2.45, 2.75) is 26.8 Å². The van der Waals surface area contributed by atoms with Crippen LogP contribution in [-0.4, -0.2) is 49.4 Å². The Balaban J connectivity index is 1.54. The number of ether oxygens (including phenoxy) is 1. The minimum Gasteiger partial charge on any atom is -0.462 e. The Hall–Kier alpha value is -4.66. The number of ketones is 1. The zero-order valence-electron chi connectivity index (χ0n) is 21.5. The first kappa shape index (κ1) is 26.4. The molecule has 1 aliphatic heterocycles. The fraction of sp³-hybridized carbons (Fsp3) is 0.241. The van der Waals surface area contributed by atoms with Gasteiger partial charge in [0.25, 0.3) is 5.91 Å². The number of Topliss-reactive ketones (excluding diaryl/α,β-unsaturated/α-hetero) is 1. The maximum Gasteiger partial charge on any atom is 0.338 e. The highest BCUT2D eigenvalue weighted by molar-refractivity contribution is 6.10. The number of nitrogens with one attached hydrogen (secondary N) is 3. The Morgan fingerprint density at radius 1 is 1.03 bits per heavy atom. The number of anilines is 3. The molecule has 0 aromatic heterocycles. The summed E-state index contributed by atoms with van der Waals surface area (Å²) < 4.78 is 5.01. The topological polar surface area (TPSA) is 117 Å². The lowest BCUT2D eigenvalue weighted by Crippen LogP contribution is -2.52. The first-order valence-electron chi connectivity index (χ1n) is 12.4. The average molecular weight is 515 g/mol. The van der Waals surface area contributed by atoms with Crippen molar-refractivity contribution in [1.82, 2.24) is 5.32 Å². The molecule has 4 rings (SSSR count). The van der Waals surface area contributed by atoms with Crippen LogP contribution in [0.5, 0.6) is 0 Å². The van der Waals surface area contributed by atoms with Crippen molar-refractivity contribution in [3.8, 4) is 0 Å². The van der Waals surface area contributed by atoms with Gasteiger partial charge in [0.15, 0.2) is 5.78 Å². The van der Waals surface area contributed by atoms with Crippen molar-refractivity contribution in [2.24, 2.45) is 0 Å². The number of carbonyl (C=O) groups excluding carboxylic acids is 4. The van der Waals surface area contributed by atoms with Crippen molar-refractivity contribution in [3.05, 3.63) is 89.0 Å². The number of benzene rings is 3. The molecule has 0 saturated heterocycles. The smallest absolute Gasteiger partial charge is 0.338 e. The lowest BCUT2D eigenvalue weighted by molar-refractivity contribution is -0.119. The molecule has 0 spiro atoms. The third kappa shape index (κ3) is 6.00. The van der Waals surface area contributed by atoms with Gasteiger partial charge in [-0.05, 0) is 62.2 Å². The van der Waals surface area contributed by atoms with Gasteiger partial charge in [-0.15, -0.1) is 0 Å². The maximum absolute atomic E-state index is 13.7. The number of hydrogen-bond donors (Lipinski definition) is 3. The van der Waals surface area contributed by atoms with Crippen molar-refractivity contribution < 1.29 is 23.9 Å². The van der Waals surface area contributed by atoms with Crippen molar-refractivity contribution >= 4 is 40.8 Å². The molecule has 1 heterocycles. The summed E-state index contributed by atoms with van der Waals surface area (Å²) in [5.74, 6) is -1.12. The van der Waals surface area contributed by atoms with E-state index in [-0.39, 0.29) is 25.5 Å². The Morgan fingerprint density at radius 3 is 2.58 bits per heavy atom. The highest BCUT2D eigenvalue weighted by Gasteiger charge is 2.33. The molecule has 3 N–H and O–H groups in total. The normalized spacial score (nSPS) is 14.6. The van der Waals surface area contributed by atoms with Gasteiger partial charge < -0.3 is 25.6 Å². The number of nitrogens with zero attached hydrogens (tertiary/aromatic N) is 1. The summed E-state index contributed by atoms with van der Waals surface area (Å²) in [4.78, 5) is 53.2. The lowest BCUT2D eigenvalue weighted by Gasteiger charge is -2.25. The summed E-state index contributed by atoms with van der Waals surface area (Å²) in [5.41, 5.74) is 4.21. The van der Waals surface area contributed by atoms with Crippen LogP contribution in [-0.2, 0) is 9.53 Å². The van der Waals surface area contributed by atoms with E-state index >= 15 is 0 Å². The predicted molar refractivity (Wildman–Crippen MR) is 146 cm³/mol.